The van der Waals surface area contributed by atoms with Crippen LogP contribution in [0.4, 0.5) is 11.5 Å². The molecule has 154 valence electrons. The van der Waals surface area contributed by atoms with Crippen LogP contribution in [0.1, 0.15) is 48.2 Å². The monoisotopic (exact) mass is 405 g/mol. The fourth-order valence-electron chi connectivity index (χ4n) is 4.81. The summed E-state index contributed by atoms with van der Waals surface area (Å²) in [6.07, 6.45) is 6.06. The fraction of sp³-hybridized carbons (Fsp3) is 0.364. The molecule has 1 aliphatic heterocycles. The molecule has 1 aromatic carbocycles. The molecule has 0 unspecified atom stereocenters. The first-order valence-corrected chi connectivity index (χ1v) is 10.2. The predicted octanol–water partition coefficient (Wildman–Crippen LogP) is 3.21. The molecule has 1 aliphatic carbocycles. The molecule has 3 heterocycles. The van der Waals surface area contributed by atoms with Gasteiger partial charge in [-0.25, -0.2) is 9.97 Å². The Morgan fingerprint density at radius 2 is 1.97 bits per heavy atom. The topological polar surface area (TPSA) is 98.1 Å². The third kappa shape index (κ3) is 2.67. The summed E-state index contributed by atoms with van der Waals surface area (Å²) in [6, 6.07) is 7.28. The number of benzene rings is 1. The quantitative estimate of drug-likeness (QED) is 0.694. The largest absolute Gasteiger partial charge is 0.496 e. The van der Waals surface area contributed by atoms with E-state index in [1.165, 1.54) is 6.33 Å². The van der Waals surface area contributed by atoms with E-state index >= 15 is 0 Å². The number of carbonyl (C=O) groups is 1. The van der Waals surface area contributed by atoms with Gasteiger partial charge in [0.15, 0.2) is 0 Å². The zero-order valence-corrected chi connectivity index (χ0v) is 17.0. The van der Waals surface area contributed by atoms with Crippen molar-refractivity contribution in [3.63, 3.8) is 0 Å². The first-order chi connectivity index (χ1) is 14.5. The number of aromatic nitrogens is 3. The van der Waals surface area contributed by atoms with E-state index in [0.717, 1.165) is 37.7 Å². The third-order valence-corrected chi connectivity index (χ3v) is 6.16. The number of pyridine rings is 1. The standard InChI is InChI=1S/C22H23N5O3/c1-13-11-15(25-19-17-14(23-12-24-19)7-6-8-16(17)30-2)21(29)27-18(13)20(28)26-22(27)9-4-3-5-10-22/h6-8,11-12H,3-5,9-10H2,1-2H3,(H,26,28)(H,23,24,25). The Balaban J connectivity index is 1.67. The number of anilines is 2. The van der Waals surface area contributed by atoms with E-state index in [2.05, 4.69) is 20.6 Å². The van der Waals surface area contributed by atoms with Crippen molar-refractivity contribution >= 4 is 28.3 Å². The van der Waals surface area contributed by atoms with E-state index in [0.29, 0.717) is 33.9 Å². The molecule has 30 heavy (non-hydrogen) atoms. The second kappa shape index (κ2) is 6.83. The predicted molar refractivity (Wildman–Crippen MR) is 113 cm³/mol. The van der Waals surface area contributed by atoms with Crippen LogP contribution in [0.25, 0.3) is 10.9 Å². The Hall–Kier alpha value is -3.42. The van der Waals surface area contributed by atoms with Crippen LogP contribution in [0.3, 0.4) is 0 Å². The normalized spacial score (nSPS) is 17.1. The number of amides is 1. The Morgan fingerprint density at radius 3 is 2.73 bits per heavy atom. The zero-order chi connectivity index (χ0) is 20.9. The highest BCUT2D eigenvalue weighted by Gasteiger charge is 2.45. The summed E-state index contributed by atoms with van der Waals surface area (Å²) in [4.78, 5) is 34.9. The van der Waals surface area contributed by atoms with E-state index in [-0.39, 0.29) is 11.5 Å². The number of hydrogen-bond donors (Lipinski definition) is 2. The van der Waals surface area contributed by atoms with Crippen LogP contribution in [-0.2, 0) is 5.66 Å². The molecule has 0 bridgehead atoms. The van der Waals surface area contributed by atoms with E-state index in [1.807, 2.05) is 25.1 Å². The number of hydrogen-bond acceptors (Lipinski definition) is 6. The van der Waals surface area contributed by atoms with E-state index in [4.69, 9.17) is 4.74 Å². The lowest BCUT2D eigenvalue weighted by atomic mass is 9.89. The Morgan fingerprint density at radius 1 is 1.17 bits per heavy atom. The molecule has 5 rings (SSSR count). The van der Waals surface area contributed by atoms with Gasteiger partial charge in [-0.05, 0) is 56.4 Å². The highest BCUT2D eigenvalue weighted by molar-refractivity contribution is 5.98. The van der Waals surface area contributed by atoms with Crippen molar-refractivity contribution in [3.05, 3.63) is 52.2 Å². The molecule has 1 fully saturated rings. The maximum atomic E-state index is 13.6. The molecule has 8 heteroatoms. The van der Waals surface area contributed by atoms with Crippen molar-refractivity contribution < 1.29 is 9.53 Å². The van der Waals surface area contributed by atoms with Gasteiger partial charge in [-0.15, -0.1) is 0 Å². The highest BCUT2D eigenvalue weighted by atomic mass is 16.5. The van der Waals surface area contributed by atoms with E-state index < -0.39 is 5.66 Å². The van der Waals surface area contributed by atoms with E-state index in [1.54, 1.807) is 17.7 Å². The van der Waals surface area contributed by atoms with Gasteiger partial charge in [0.05, 0.1) is 18.0 Å². The number of nitrogens with zero attached hydrogens (tertiary/aromatic N) is 3. The van der Waals surface area contributed by atoms with Crippen molar-refractivity contribution in [1.29, 1.82) is 0 Å². The van der Waals surface area contributed by atoms with Crippen LogP contribution < -0.4 is 20.9 Å². The van der Waals surface area contributed by atoms with Crippen LogP contribution in [0, 0.1) is 6.92 Å². The van der Waals surface area contributed by atoms with Gasteiger partial charge in [-0.2, -0.15) is 0 Å². The van der Waals surface area contributed by atoms with Crippen molar-refractivity contribution in [2.75, 3.05) is 12.4 Å². The lowest BCUT2D eigenvalue weighted by Crippen LogP contribution is -2.48. The molecular weight excluding hydrogens is 382 g/mol. The first kappa shape index (κ1) is 18.6. The third-order valence-electron chi connectivity index (χ3n) is 6.16. The molecule has 2 N–H and O–H groups in total. The minimum atomic E-state index is -0.629. The number of fused-ring (bicyclic) bond motifs is 3. The molecular formula is C22H23N5O3. The molecule has 8 nitrogen and oxygen atoms in total. The van der Waals surface area contributed by atoms with Crippen LogP contribution >= 0.6 is 0 Å². The molecule has 0 radical (unpaired) electrons. The number of ether oxygens (including phenoxy) is 1. The molecule has 2 aromatic heterocycles. The van der Waals surface area contributed by atoms with Crippen molar-refractivity contribution in [2.24, 2.45) is 0 Å². The van der Waals surface area contributed by atoms with Gasteiger partial charge >= 0.3 is 0 Å². The van der Waals surface area contributed by atoms with Gasteiger partial charge in [0.25, 0.3) is 11.5 Å². The molecule has 1 amide bonds. The maximum absolute atomic E-state index is 13.6. The number of aryl methyl sites for hydroxylation is 1. The number of carbonyl (C=O) groups excluding carboxylic acids is 1. The zero-order valence-electron chi connectivity index (χ0n) is 17.0. The number of nitrogens with one attached hydrogen (secondary N) is 2. The summed E-state index contributed by atoms with van der Waals surface area (Å²) in [5.74, 6) is 0.936. The molecule has 2 aliphatic rings. The fourth-order valence-corrected chi connectivity index (χ4v) is 4.81. The average molecular weight is 405 g/mol. The second-order valence-corrected chi connectivity index (χ2v) is 7.98. The highest BCUT2D eigenvalue weighted by Crippen LogP contribution is 2.38. The number of methoxy groups -OCH3 is 1. The first-order valence-electron chi connectivity index (χ1n) is 10.2. The smallest absolute Gasteiger partial charge is 0.276 e. The van der Waals surface area contributed by atoms with Crippen LogP contribution in [0.2, 0.25) is 0 Å². The summed E-state index contributed by atoms with van der Waals surface area (Å²) in [7, 11) is 1.59. The van der Waals surface area contributed by atoms with E-state index in [9.17, 15) is 9.59 Å². The average Bonchev–Trinajstić information content (AvgIpc) is 3.03. The summed E-state index contributed by atoms with van der Waals surface area (Å²) >= 11 is 0. The molecule has 0 atom stereocenters. The Bertz CT molecular complexity index is 1220. The van der Waals surface area contributed by atoms with Gasteiger partial charge in [-0.3, -0.25) is 14.2 Å². The van der Waals surface area contributed by atoms with Gasteiger partial charge < -0.3 is 15.4 Å². The minimum absolute atomic E-state index is 0.174. The van der Waals surface area contributed by atoms with Crippen molar-refractivity contribution in [1.82, 2.24) is 19.9 Å². The summed E-state index contributed by atoms with van der Waals surface area (Å²) in [5, 5.41) is 7.00. The lowest BCUT2D eigenvalue weighted by molar-refractivity contribution is 0.0876. The lowest BCUT2D eigenvalue weighted by Gasteiger charge is -2.35. The van der Waals surface area contributed by atoms with Crippen LogP contribution in [-0.4, -0.2) is 27.6 Å². The number of rotatable bonds is 3. The molecule has 0 saturated heterocycles. The second-order valence-electron chi connectivity index (χ2n) is 7.98. The maximum Gasteiger partial charge on any atom is 0.276 e. The summed E-state index contributed by atoms with van der Waals surface area (Å²) < 4.78 is 7.15. The summed E-state index contributed by atoms with van der Waals surface area (Å²) in [5.41, 5.74) is 1.45. The van der Waals surface area contributed by atoms with Gasteiger partial charge in [0.1, 0.15) is 34.9 Å². The van der Waals surface area contributed by atoms with Gasteiger partial charge in [0.2, 0.25) is 0 Å². The van der Waals surface area contributed by atoms with Gasteiger partial charge in [0, 0.05) is 0 Å². The molecule has 1 spiro atoms. The minimum Gasteiger partial charge on any atom is -0.496 e. The van der Waals surface area contributed by atoms with Crippen LogP contribution in [0.15, 0.2) is 35.4 Å². The van der Waals surface area contributed by atoms with Crippen LogP contribution in [0.5, 0.6) is 5.75 Å². The van der Waals surface area contributed by atoms with Crippen molar-refractivity contribution in [2.45, 2.75) is 44.7 Å². The Kier molecular flexibility index (Phi) is 4.23. The summed E-state index contributed by atoms with van der Waals surface area (Å²) in [6.45, 7) is 1.86. The van der Waals surface area contributed by atoms with Crippen molar-refractivity contribution in [3.8, 4) is 5.75 Å². The SMILES string of the molecule is COc1cccc2ncnc(Nc3cc(C)c4n(c3=O)C3(CCCCC3)NC4=O)c12. The van der Waals surface area contributed by atoms with Gasteiger partial charge in [-0.1, -0.05) is 12.5 Å². The Labute approximate surface area is 173 Å². The molecule has 1 saturated carbocycles. The molecule has 3 aromatic rings.